The minimum atomic E-state index is -0.364. The van der Waals surface area contributed by atoms with Crippen LogP contribution in [0.25, 0.3) is 0 Å². The minimum Gasteiger partial charge on any atom is -0.496 e. The molecule has 0 fully saturated rings. The lowest BCUT2D eigenvalue weighted by Gasteiger charge is -2.31. The Labute approximate surface area is 114 Å². The van der Waals surface area contributed by atoms with Crippen LogP contribution >= 0.6 is 0 Å². The molecule has 0 radical (unpaired) electrons. The molecule has 0 spiro atoms. The molecule has 1 aromatic rings. The van der Waals surface area contributed by atoms with Crippen molar-refractivity contribution in [2.24, 2.45) is 0 Å². The number of hydrogen-bond acceptors (Lipinski definition) is 3. The number of hydrogen-bond donors (Lipinski definition) is 0. The van der Waals surface area contributed by atoms with E-state index in [1.165, 1.54) is 11.1 Å². The Morgan fingerprint density at radius 1 is 1.47 bits per heavy atom. The maximum absolute atomic E-state index is 12.2. The number of benzene rings is 1. The highest BCUT2D eigenvalue weighted by molar-refractivity contribution is 5.80. The summed E-state index contributed by atoms with van der Waals surface area (Å²) in [5.74, 6) is 0.984. The van der Waals surface area contributed by atoms with Gasteiger partial charge < -0.3 is 14.4 Å². The molecule has 0 saturated carbocycles. The molecule has 2 rings (SSSR count). The molecule has 4 heteroatoms. The first-order valence-electron chi connectivity index (χ1n) is 6.72. The van der Waals surface area contributed by atoms with Gasteiger partial charge in [0, 0.05) is 25.3 Å². The highest BCUT2D eigenvalue weighted by Gasteiger charge is 2.26. The molecule has 4 nitrogen and oxygen atoms in total. The summed E-state index contributed by atoms with van der Waals surface area (Å²) < 4.78 is 10.7. The molecule has 19 heavy (non-hydrogen) atoms. The molecular formula is C15H21NO3. The Hall–Kier alpha value is -1.55. The first kappa shape index (κ1) is 13.9. The van der Waals surface area contributed by atoms with Crippen molar-refractivity contribution in [1.82, 2.24) is 4.90 Å². The first-order chi connectivity index (χ1) is 9.17. The Bertz CT molecular complexity index is 459. The summed E-state index contributed by atoms with van der Waals surface area (Å²) in [4.78, 5) is 14.1. The van der Waals surface area contributed by atoms with Crippen LogP contribution in [-0.4, -0.2) is 37.2 Å². The van der Waals surface area contributed by atoms with Gasteiger partial charge in [0.2, 0.25) is 0 Å². The van der Waals surface area contributed by atoms with Crippen molar-refractivity contribution in [1.29, 1.82) is 0 Å². The Kier molecular flexibility index (Phi) is 4.43. The molecular weight excluding hydrogens is 242 g/mol. The van der Waals surface area contributed by atoms with E-state index in [1.807, 2.05) is 30.9 Å². The lowest BCUT2D eigenvalue weighted by Crippen LogP contribution is -2.42. The van der Waals surface area contributed by atoms with Crippen molar-refractivity contribution >= 4 is 5.91 Å². The lowest BCUT2D eigenvalue weighted by atomic mass is 9.98. The lowest BCUT2D eigenvalue weighted by molar-refractivity contribution is -0.143. The van der Waals surface area contributed by atoms with Gasteiger partial charge in [-0.05, 0) is 31.9 Å². The van der Waals surface area contributed by atoms with Crippen LogP contribution in [-0.2, 0) is 22.5 Å². The number of carbonyl (C=O) groups excluding carboxylic acids is 1. The van der Waals surface area contributed by atoms with Gasteiger partial charge >= 0.3 is 0 Å². The van der Waals surface area contributed by atoms with Gasteiger partial charge in [-0.25, -0.2) is 0 Å². The van der Waals surface area contributed by atoms with Gasteiger partial charge in [-0.2, -0.15) is 0 Å². The van der Waals surface area contributed by atoms with Crippen molar-refractivity contribution in [3.63, 3.8) is 0 Å². The average Bonchev–Trinajstić information content (AvgIpc) is 2.45. The summed E-state index contributed by atoms with van der Waals surface area (Å²) in [5.41, 5.74) is 2.39. The highest BCUT2D eigenvalue weighted by Crippen LogP contribution is 2.28. The fourth-order valence-corrected chi connectivity index (χ4v) is 2.53. The molecule has 1 aromatic carbocycles. The van der Waals surface area contributed by atoms with E-state index in [0.29, 0.717) is 13.2 Å². The monoisotopic (exact) mass is 263 g/mol. The number of amides is 1. The summed E-state index contributed by atoms with van der Waals surface area (Å²) in [5, 5.41) is 0. The van der Waals surface area contributed by atoms with Crippen molar-refractivity contribution in [2.75, 3.05) is 20.3 Å². The predicted molar refractivity (Wildman–Crippen MR) is 73.2 cm³/mol. The summed E-state index contributed by atoms with van der Waals surface area (Å²) in [6.45, 7) is 5.64. The van der Waals surface area contributed by atoms with Gasteiger partial charge in [0.05, 0.1) is 7.11 Å². The molecule has 0 unspecified atom stereocenters. The molecule has 1 amide bonds. The van der Waals surface area contributed by atoms with Crippen molar-refractivity contribution in [3.05, 3.63) is 29.3 Å². The van der Waals surface area contributed by atoms with Gasteiger partial charge in [0.15, 0.2) is 0 Å². The summed E-state index contributed by atoms with van der Waals surface area (Å²) in [7, 11) is 1.68. The fraction of sp³-hybridized carbons (Fsp3) is 0.533. The summed E-state index contributed by atoms with van der Waals surface area (Å²) >= 11 is 0. The molecule has 0 bridgehead atoms. The van der Waals surface area contributed by atoms with E-state index in [9.17, 15) is 4.79 Å². The largest absolute Gasteiger partial charge is 0.496 e. The number of fused-ring (bicyclic) bond motifs is 1. The molecule has 1 heterocycles. The van der Waals surface area contributed by atoms with Gasteiger partial charge in [-0.3, -0.25) is 4.79 Å². The van der Waals surface area contributed by atoms with E-state index >= 15 is 0 Å². The van der Waals surface area contributed by atoms with Gasteiger partial charge in [0.1, 0.15) is 11.9 Å². The molecule has 0 aliphatic carbocycles. The molecule has 0 aromatic heterocycles. The average molecular weight is 263 g/mol. The quantitative estimate of drug-likeness (QED) is 0.834. The molecule has 104 valence electrons. The SMILES string of the molecule is CCO[C@H](C)C(=O)N1CCc2c(cccc2OC)C1. The van der Waals surface area contributed by atoms with Gasteiger partial charge in [0.25, 0.3) is 5.91 Å². The summed E-state index contributed by atoms with van der Waals surface area (Å²) in [6.07, 6.45) is 0.473. The van der Waals surface area contributed by atoms with Crippen molar-refractivity contribution in [3.8, 4) is 5.75 Å². The third-order valence-corrected chi connectivity index (χ3v) is 3.52. The zero-order valence-corrected chi connectivity index (χ0v) is 11.8. The van der Waals surface area contributed by atoms with E-state index in [4.69, 9.17) is 9.47 Å². The van der Waals surface area contributed by atoms with E-state index < -0.39 is 0 Å². The maximum atomic E-state index is 12.2. The number of carbonyl (C=O) groups is 1. The smallest absolute Gasteiger partial charge is 0.251 e. The van der Waals surface area contributed by atoms with Crippen LogP contribution in [0, 0.1) is 0 Å². The second-order valence-corrected chi connectivity index (χ2v) is 4.71. The standard InChI is InChI=1S/C15H21NO3/c1-4-19-11(2)15(17)16-9-8-13-12(10-16)6-5-7-14(13)18-3/h5-7,11H,4,8-10H2,1-3H3/t11-/m1/s1. The molecule has 0 N–H and O–H groups in total. The predicted octanol–water partition coefficient (Wildman–Crippen LogP) is 2.00. The Morgan fingerprint density at radius 3 is 2.95 bits per heavy atom. The summed E-state index contributed by atoms with van der Waals surface area (Å²) in [6, 6.07) is 6.00. The maximum Gasteiger partial charge on any atom is 0.251 e. The second kappa shape index (κ2) is 6.06. The van der Waals surface area contributed by atoms with Crippen LogP contribution in [0.5, 0.6) is 5.75 Å². The number of ether oxygens (including phenoxy) is 2. The first-order valence-corrected chi connectivity index (χ1v) is 6.72. The Morgan fingerprint density at radius 2 is 2.26 bits per heavy atom. The van der Waals surface area contributed by atoms with Gasteiger partial charge in [-0.15, -0.1) is 0 Å². The van der Waals surface area contributed by atoms with Crippen LogP contribution in [0.3, 0.4) is 0 Å². The van der Waals surface area contributed by atoms with Crippen LogP contribution in [0.15, 0.2) is 18.2 Å². The molecule has 0 saturated heterocycles. The zero-order chi connectivity index (χ0) is 13.8. The van der Waals surface area contributed by atoms with E-state index in [2.05, 4.69) is 6.07 Å². The number of rotatable bonds is 4. The second-order valence-electron chi connectivity index (χ2n) is 4.71. The minimum absolute atomic E-state index is 0.0651. The van der Waals surface area contributed by atoms with Crippen LogP contribution in [0.2, 0.25) is 0 Å². The van der Waals surface area contributed by atoms with Crippen LogP contribution in [0.1, 0.15) is 25.0 Å². The number of methoxy groups -OCH3 is 1. The molecule has 1 atom stereocenters. The number of nitrogens with zero attached hydrogens (tertiary/aromatic N) is 1. The van der Waals surface area contributed by atoms with Crippen LogP contribution < -0.4 is 4.74 Å². The van der Waals surface area contributed by atoms with Crippen LogP contribution in [0.4, 0.5) is 0 Å². The topological polar surface area (TPSA) is 38.8 Å². The Balaban J connectivity index is 2.12. The zero-order valence-electron chi connectivity index (χ0n) is 11.8. The molecule has 1 aliphatic rings. The molecule has 1 aliphatic heterocycles. The normalized spacial score (nSPS) is 15.8. The van der Waals surface area contributed by atoms with Gasteiger partial charge in [-0.1, -0.05) is 12.1 Å². The van der Waals surface area contributed by atoms with E-state index in [1.54, 1.807) is 7.11 Å². The van der Waals surface area contributed by atoms with Crippen molar-refractivity contribution < 1.29 is 14.3 Å². The highest BCUT2D eigenvalue weighted by atomic mass is 16.5. The van der Waals surface area contributed by atoms with Crippen molar-refractivity contribution in [2.45, 2.75) is 32.9 Å². The third kappa shape index (κ3) is 2.89. The van der Waals surface area contributed by atoms with E-state index in [-0.39, 0.29) is 12.0 Å². The van der Waals surface area contributed by atoms with E-state index in [0.717, 1.165) is 18.7 Å². The third-order valence-electron chi connectivity index (χ3n) is 3.52. The fourth-order valence-electron chi connectivity index (χ4n) is 2.53.